The fourth-order valence-electron chi connectivity index (χ4n) is 2.46. The van der Waals surface area contributed by atoms with Gasteiger partial charge in [0.1, 0.15) is 5.82 Å². The van der Waals surface area contributed by atoms with Gasteiger partial charge in [-0.2, -0.15) is 0 Å². The maximum absolute atomic E-state index is 11.8. The molecule has 1 N–H and O–H groups in total. The predicted octanol–water partition coefficient (Wildman–Crippen LogP) is 2.45. The largest absolute Gasteiger partial charge is 0.353 e. The molecule has 0 saturated heterocycles. The summed E-state index contributed by atoms with van der Waals surface area (Å²) in [5.41, 5.74) is 1.30. The van der Waals surface area contributed by atoms with Crippen LogP contribution in [0.4, 0.5) is 0 Å². The lowest BCUT2D eigenvalue weighted by atomic mass is 10.1. The molecule has 1 aromatic heterocycles. The second kappa shape index (κ2) is 7.64. The Morgan fingerprint density at radius 1 is 1.26 bits per heavy atom. The number of hydrogen-bond donors (Lipinski definition) is 1. The number of aryl methyl sites for hydroxylation is 2. The van der Waals surface area contributed by atoms with Crippen LogP contribution >= 0.6 is 11.8 Å². The van der Waals surface area contributed by atoms with Crippen LogP contribution in [0.5, 0.6) is 0 Å². The van der Waals surface area contributed by atoms with Crippen LogP contribution in [0, 0.1) is 0 Å². The molecule has 0 unspecified atom stereocenters. The van der Waals surface area contributed by atoms with E-state index in [0.717, 1.165) is 43.2 Å². The first kappa shape index (κ1) is 16.1. The van der Waals surface area contributed by atoms with Crippen molar-refractivity contribution in [2.75, 3.05) is 5.75 Å². The van der Waals surface area contributed by atoms with Gasteiger partial charge in [-0.25, -0.2) is 0 Å². The van der Waals surface area contributed by atoms with Crippen LogP contribution in [0.25, 0.3) is 0 Å². The molecule has 0 spiro atoms. The highest BCUT2D eigenvalue weighted by Crippen LogP contribution is 2.21. The highest BCUT2D eigenvalue weighted by Gasteiger charge is 2.23. The van der Waals surface area contributed by atoms with Gasteiger partial charge in [-0.3, -0.25) is 4.79 Å². The van der Waals surface area contributed by atoms with Crippen LogP contribution in [-0.4, -0.2) is 32.5 Å². The van der Waals surface area contributed by atoms with Gasteiger partial charge in [0, 0.05) is 19.0 Å². The van der Waals surface area contributed by atoms with Crippen LogP contribution in [0.1, 0.15) is 31.2 Å². The predicted molar refractivity (Wildman–Crippen MR) is 91.4 cm³/mol. The van der Waals surface area contributed by atoms with Gasteiger partial charge in [-0.15, -0.1) is 10.2 Å². The molecule has 0 bridgehead atoms. The maximum Gasteiger partial charge on any atom is 0.230 e. The summed E-state index contributed by atoms with van der Waals surface area (Å²) in [6, 6.07) is 10.8. The zero-order valence-corrected chi connectivity index (χ0v) is 14.2. The number of rotatable bonds is 8. The Hall–Kier alpha value is -1.82. The summed E-state index contributed by atoms with van der Waals surface area (Å²) in [6.45, 7) is 2.91. The van der Waals surface area contributed by atoms with Crippen molar-refractivity contribution < 1.29 is 4.79 Å². The molecule has 0 radical (unpaired) electrons. The van der Waals surface area contributed by atoms with Gasteiger partial charge in [0.25, 0.3) is 0 Å². The molecule has 1 heterocycles. The Bertz CT molecular complexity index is 652. The second-order valence-electron chi connectivity index (χ2n) is 5.76. The summed E-state index contributed by atoms with van der Waals surface area (Å²) < 4.78 is 2.11. The van der Waals surface area contributed by atoms with Crippen LogP contribution in [0.3, 0.4) is 0 Å². The first-order valence-electron chi connectivity index (χ1n) is 8.14. The summed E-state index contributed by atoms with van der Waals surface area (Å²) in [5.74, 6) is 1.49. The fourth-order valence-corrected chi connectivity index (χ4v) is 3.29. The number of benzene rings is 1. The van der Waals surface area contributed by atoms with Crippen molar-refractivity contribution in [2.45, 2.75) is 50.4 Å². The molecule has 1 aromatic carbocycles. The Labute approximate surface area is 140 Å². The standard InChI is InChI=1S/C17H22N4OS/c1-2-21-15(11-8-13-6-4-3-5-7-13)19-20-17(21)23-12-16(22)18-14-9-10-14/h3-7,14H,2,8-12H2,1H3,(H,18,22). The molecule has 1 fully saturated rings. The monoisotopic (exact) mass is 330 g/mol. The molecule has 2 aromatic rings. The molecule has 1 aliphatic rings. The van der Waals surface area contributed by atoms with Crippen molar-refractivity contribution in [1.82, 2.24) is 20.1 Å². The lowest BCUT2D eigenvalue weighted by Crippen LogP contribution is -2.27. The molecule has 1 saturated carbocycles. The van der Waals surface area contributed by atoms with E-state index in [1.807, 2.05) is 6.07 Å². The van der Waals surface area contributed by atoms with Gasteiger partial charge in [-0.05, 0) is 31.7 Å². The highest BCUT2D eigenvalue weighted by molar-refractivity contribution is 7.99. The average molecular weight is 330 g/mol. The zero-order chi connectivity index (χ0) is 16.1. The van der Waals surface area contributed by atoms with Gasteiger partial charge in [0.15, 0.2) is 5.16 Å². The van der Waals surface area contributed by atoms with E-state index in [-0.39, 0.29) is 5.91 Å². The zero-order valence-electron chi connectivity index (χ0n) is 13.4. The molecule has 0 atom stereocenters. The molecule has 3 rings (SSSR count). The number of carbonyl (C=O) groups is 1. The number of hydrogen-bond acceptors (Lipinski definition) is 4. The fraction of sp³-hybridized carbons (Fsp3) is 0.471. The molecular weight excluding hydrogens is 308 g/mol. The van der Waals surface area contributed by atoms with Crippen LogP contribution in [-0.2, 0) is 24.2 Å². The van der Waals surface area contributed by atoms with E-state index in [9.17, 15) is 4.79 Å². The Morgan fingerprint density at radius 2 is 2.04 bits per heavy atom. The van der Waals surface area contributed by atoms with Crippen molar-refractivity contribution >= 4 is 17.7 Å². The Balaban J connectivity index is 1.56. The minimum Gasteiger partial charge on any atom is -0.353 e. The van der Waals surface area contributed by atoms with Gasteiger partial charge in [0.2, 0.25) is 5.91 Å². The molecule has 1 aliphatic carbocycles. The topological polar surface area (TPSA) is 59.8 Å². The summed E-state index contributed by atoms with van der Waals surface area (Å²) in [4.78, 5) is 11.8. The van der Waals surface area contributed by atoms with Crippen LogP contribution < -0.4 is 5.32 Å². The second-order valence-corrected chi connectivity index (χ2v) is 6.70. The minimum atomic E-state index is 0.0917. The third-order valence-electron chi connectivity index (χ3n) is 3.86. The smallest absolute Gasteiger partial charge is 0.230 e. The lowest BCUT2D eigenvalue weighted by molar-refractivity contribution is -0.118. The van der Waals surface area contributed by atoms with Crippen LogP contribution in [0.2, 0.25) is 0 Å². The molecular formula is C17H22N4OS. The first-order chi connectivity index (χ1) is 11.3. The third kappa shape index (κ3) is 4.58. The number of amides is 1. The van der Waals surface area contributed by atoms with E-state index < -0.39 is 0 Å². The molecule has 6 heteroatoms. The molecule has 5 nitrogen and oxygen atoms in total. The van der Waals surface area contributed by atoms with Crippen LogP contribution in [0.15, 0.2) is 35.5 Å². The summed E-state index contributed by atoms with van der Waals surface area (Å²) in [6.07, 6.45) is 4.04. The summed E-state index contributed by atoms with van der Waals surface area (Å²) >= 11 is 1.47. The molecule has 122 valence electrons. The Morgan fingerprint density at radius 3 is 2.74 bits per heavy atom. The summed E-state index contributed by atoms with van der Waals surface area (Å²) in [7, 11) is 0. The maximum atomic E-state index is 11.8. The Kier molecular flexibility index (Phi) is 5.33. The van der Waals surface area contributed by atoms with E-state index in [1.54, 1.807) is 0 Å². The number of thioether (sulfide) groups is 1. The average Bonchev–Trinajstić information content (AvgIpc) is 3.29. The van der Waals surface area contributed by atoms with E-state index in [0.29, 0.717) is 11.8 Å². The van der Waals surface area contributed by atoms with Gasteiger partial charge < -0.3 is 9.88 Å². The number of nitrogens with zero attached hydrogens (tertiary/aromatic N) is 3. The molecule has 1 amide bonds. The van der Waals surface area contributed by atoms with Gasteiger partial charge in [0.05, 0.1) is 5.75 Å². The summed E-state index contributed by atoms with van der Waals surface area (Å²) in [5, 5.41) is 12.4. The minimum absolute atomic E-state index is 0.0917. The van der Waals surface area contributed by atoms with Gasteiger partial charge >= 0.3 is 0 Å². The van der Waals surface area contributed by atoms with E-state index >= 15 is 0 Å². The van der Waals surface area contributed by atoms with E-state index in [1.165, 1.54) is 17.3 Å². The van der Waals surface area contributed by atoms with Crippen molar-refractivity contribution in [3.05, 3.63) is 41.7 Å². The first-order valence-corrected chi connectivity index (χ1v) is 9.13. The lowest BCUT2D eigenvalue weighted by Gasteiger charge is -2.07. The number of nitrogens with one attached hydrogen (secondary N) is 1. The van der Waals surface area contributed by atoms with E-state index in [2.05, 4.69) is 51.3 Å². The third-order valence-corrected chi connectivity index (χ3v) is 4.83. The van der Waals surface area contributed by atoms with Gasteiger partial charge in [-0.1, -0.05) is 42.1 Å². The number of aromatic nitrogens is 3. The van der Waals surface area contributed by atoms with Crippen molar-refractivity contribution in [3.63, 3.8) is 0 Å². The van der Waals surface area contributed by atoms with Crippen molar-refractivity contribution in [2.24, 2.45) is 0 Å². The quantitative estimate of drug-likeness (QED) is 0.755. The normalized spacial score (nSPS) is 14.0. The van der Waals surface area contributed by atoms with E-state index in [4.69, 9.17) is 0 Å². The number of carbonyl (C=O) groups excluding carboxylic acids is 1. The van der Waals surface area contributed by atoms with Crippen molar-refractivity contribution in [1.29, 1.82) is 0 Å². The highest BCUT2D eigenvalue weighted by atomic mass is 32.2. The molecule has 23 heavy (non-hydrogen) atoms. The van der Waals surface area contributed by atoms with Crippen molar-refractivity contribution in [3.8, 4) is 0 Å². The molecule has 0 aliphatic heterocycles. The SMILES string of the molecule is CCn1c(CCc2ccccc2)nnc1SCC(=O)NC1CC1.